The molecule has 26 heavy (non-hydrogen) atoms. The Morgan fingerprint density at radius 1 is 1.00 bits per heavy atom. The van der Waals surface area contributed by atoms with Crippen molar-refractivity contribution in [2.24, 2.45) is 0 Å². The van der Waals surface area contributed by atoms with E-state index >= 15 is 0 Å². The third-order valence-corrected chi connectivity index (χ3v) is 6.08. The minimum absolute atomic E-state index is 0.0367. The van der Waals surface area contributed by atoms with E-state index in [1.807, 2.05) is 0 Å². The minimum Gasteiger partial charge on any atom is -0.320 e. The first-order chi connectivity index (χ1) is 12.1. The molecular weight excluding hydrogens is 401 g/mol. The molecule has 1 unspecified atom stereocenters. The molecule has 0 aliphatic carbocycles. The predicted molar refractivity (Wildman–Crippen MR) is 97.7 cm³/mol. The van der Waals surface area contributed by atoms with Gasteiger partial charge in [-0.05, 0) is 42.8 Å². The Bertz CT molecular complexity index is 1010. The molecule has 1 fully saturated rings. The zero-order valence-corrected chi connectivity index (χ0v) is 15.7. The van der Waals surface area contributed by atoms with Crippen molar-refractivity contribution >= 4 is 50.9 Å². The molecule has 0 radical (unpaired) electrons. The Hall–Kier alpha value is -2.29. The summed E-state index contributed by atoms with van der Waals surface area (Å²) >= 11 is 11.7. The number of imide groups is 1. The molecule has 136 valence electrons. The first kappa shape index (κ1) is 18.5. The fraction of sp³-hybridized carbons (Fsp3) is 0.125. The van der Waals surface area contributed by atoms with E-state index in [9.17, 15) is 18.0 Å². The minimum atomic E-state index is -3.86. The van der Waals surface area contributed by atoms with E-state index in [0.717, 1.165) is 0 Å². The number of urea groups is 1. The fourth-order valence-corrected chi connectivity index (χ4v) is 3.92. The number of hydrogen-bond acceptors (Lipinski definition) is 4. The van der Waals surface area contributed by atoms with Gasteiger partial charge >= 0.3 is 6.03 Å². The van der Waals surface area contributed by atoms with Gasteiger partial charge in [0.2, 0.25) is 0 Å². The summed E-state index contributed by atoms with van der Waals surface area (Å²) in [6.07, 6.45) is 0. The number of nitrogens with one attached hydrogen (secondary N) is 3. The lowest BCUT2D eigenvalue weighted by Gasteiger charge is -2.21. The number of hydrogen-bond donors (Lipinski definition) is 3. The summed E-state index contributed by atoms with van der Waals surface area (Å²) in [5.41, 5.74) is -0.412. The Labute approximate surface area is 159 Å². The quantitative estimate of drug-likeness (QED) is 0.670. The molecule has 0 spiro atoms. The molecule has 0 bridgehead atoms. The van der Waals surface area contributed by atoms with Crippen LogP contribution in [-0.2, 0) is 20.4 Å². The van der Waals surface area contributed by atoms with Gasteiger partial charge in [-0.15, -0.1) is 0 Å². The van der Waals surface area contributed by atoms with Crippen LogP contribution in [0.15, 0.2) is 47.4 Å². The van der Waals surface area contributed by atoms with E-state index in [0.29, 0.717) is 5.56 Å². The summed E-state index contributed by atoms with van der Waals surface area (Å²) in [5.74, 6) is -0.480. The van der Waals surface area contributed by atoms with Crippen molar-refractivity contribution in [1.82, 2.24) is 10.6 Å². The lowest BCUT2D eigenvalue weighted by atomic mass is 9.92. The Morgan fingerprint density at radius 2 is 1.65 bits per heavy atom. The van der Waals surface area contributed by atoms with Crippen LogP contribution in [0.2, 0.25) is 10.0 Å². The number of benzene rings is 2. The van der Waals surface area contributed by atoms with Gasteiger partial charge in [-0.25, -0.2) is 13.2 Å². The Balaban J connectivity index is 1.84. The van der Waals surface area contributed by atoms with Crippen molar-refractivity contribution in [3.63, 3.8) is 0 Å². The van der Waals surface area contributed by atoms with E-state index in [4.69, 9.17) is 23.2 Å². The van der Waals surface area contributed by atoms with E-state index in [1.54, 1.807) is 19.1 Å². The maximum Gasteiger partial charge on any atom is 0.322 e. The van der Waals surface area contributed by atoms with Crippen LogP contribution in [0.1, 0.15) is 12.5 Å². The zero-order chi connectivity index (χ0) is 19.1. The van der Waals surface area contributed by atoms with Crippen molar-refractivity contribution in [3.05, 3.63) is 58.1 Å². The van der Waals surface area contributed by atoms with Crippen LogP contribution < -0.4 is 15.4 Å². The van der Waals surface area contributed by atoms with Gasteiger partial charge in [0.1, 0.15) is 5.54 Å². The molecular formula is C16H13Cl2N3O4S. The second kappa shape index (κ2) is 6.46. The van der Waals surface area contributed by atoms with Crippen LogP contribution in [0.4, 0.5) is 10.5 Å². The van der Waals surface area contributed by atoms with Gasteiger partial charge in [0.25, 0.3) is 15.9 Å². The van der Waals surface area contributed by atoms with Crippen LogP contribution in [0, 0.1) is 0 Å². The summed E-state index contributed by atoms with van der Waals surface area (Å²) in [5, 5.41) is 5.08. The molecule has 1 aliphatic heterocycles. The van der Waals surface area contributed by atoms with Crippen LogP contribution >= 0.6 is 23.2 Å². The van der Waals surface area contributed by atoms with Crippen LogP contribution in [0.5, 0.6) is 0 Å². The lowest BCUT2D eigenvalue weighted by molar-refractivity contribution is -0.123. The molecule has 1 aliphatic rings. The van der Waals surface area contributed by atoms with Crippen molar-refractivity contribution in [2.45, 2.75) is 17.4 Å². The predicted octanol–water partition coefficient (Wildman–Crippen LogP) is 2.85. The Morgan fingerprint density at radius 3 is 2.19 bits per heavy atom. The molecule has 3 N–H and O–H groups in total. The van der Waals surface area contributed by atoms with Crippen molar-refractivity contribution in [3.8, 4) is 0 Å². The topological polar surface area (TPSA) is 104 Å². The lowest BCUT2D eigenvalue weighted by Crippen LogP contribution is -2.40. The fourth-order valence-electron chi connectivity index (χ4n) is 2.48. The highest BCUT2D eigenvalue weighted by atomic mass is 35.5. The van der Waals surface area contributed by atoms with Crippen LogP contribution in [0.25, 0.3) is 0 Å². The van der Waals surface area contributed by atoms with Crippen LogP contribution in [-0.4, -0.2) is 20.4 Å². The largest absolute Gasteiger partial charge is 0.322 e. The number of halogens is 2. The normalized spacial score (nSPS) is 19.8. The molecule has 7 nitrogen and oxygen atoms in total. The van der Waals surface area contributed by atoms with Crippen molar-refractivity contribution in [2.75, 3.05) is 4.72 Å². The molecule has 3 rings (SSSR count). The first-order valence-corrected chi connectivity index (χ1v) is 9.58. The number of carbonyl (C=O) groups excluding carboxylic acids is 2. The van der Waals surface area contributed by atoms with Gasteiger partial charge in [-0.1, -0.05) is 35.3 Å². The highest BCUT2D eigenvalue weighted by molar-refractivity contribution is 7.92. The second-order valence-electron chi connectivity index (χ2n) is 5.79. The standard InChI is InChI=1S/C16H13Cl2N3O4S/c1-16(14(22)19-15(23)20-16)9-2-4-10(5-3-9)21-26(24,25)11-6-7-12(17)13(18)8-11/h2-8,21H,1H3,(H2,19,20,22,23). The molecule has 10 heteroatoms. The van der Waals surface area contributed by atoms with E-state index in [2.05, 4.69) is 15.4 Å². The highest BCUT2D eigenvalue weighted by Crippen LogP contribution is 2.28. The van der Waals surface area contributed by atoms with E-state index in [1.165, 1.54) is 30.3 Å². The molecule has 2 aromatic carbocycles. The van der Waals surface area contributed by atoms with Gasteiger partial charge in [0.15, 0.2) is 0 Å². The monoisotopic (exact) mass is 413 g/mol. The molecule has 3 amide bonds. The molecule has 2 aromatic rings. The van der Waals surface area contributed by atoms with Gasteiger partial charge in [-0.2, -0.15) is 0 Å². The SMILES string of the molecule is CC1(c2ccc(NS(=O)(=O)c3ccc(Cl)c(Cl)c3)cc2)NC(=O)NC1=O. The van der Waals surface area contributed by atoms with Gasteiger partial charge in [-0.3, -0.25) is 14.8 Å². The molecule has 1 saturated heterocycles. The van der Waals surface area contributed by atoms with Gasteiger partial charge in [0, 0.05) is 5.69 Å². The molecule has 1 heterocycles. The van der Waals surface area contributed by atoms with Crippen molar-refractivity contribution in [1.29, 1.82) is 0 Å². The van der Waals surface area contributed by atoms with E-state index < -0.39 is 27.5 Å². The summed E-state index contributed by atoms with van der Waals surface area (Å²) in [6.45, 7) is 1.56. The number of carbonyl (C=O) groups is 2. The smallest absolute Gasteiger partial charge is 0.320 e. The van der Waals surface area contributed by atoms with Crippen molar-refractivity contribution < 1.29 is 18.0 Å². The summed E-state index contributed by atoms with van der Waals surface area (Å²) in [6, 6.07) is 9.49. The highest BCUT2D eigenvalue weighted by Gasteiger charge is 2.43. The Kier molecular flexibility index (Phi) is 4.60. The molecule has 1 atom stereocenters. The average Bonchev–Trinajstić information content (AvgIpc) is 2.83. The summed E-state index contributed by atoms with van der Waals surface area (Å²) in [4.78, 5) is 23.2. The third kappa shape index (κ3) is 3.35. The zero-order valence-electron chi connectivity index (χ0n) is 13.3. The third-order valence-electron chi connectivity index (χ3n) is 3.96. The number of sulfonamides is 1. The molecule has 0 aromatic heterocycles. The van der Waals surface area contributed by atoms with E-state index in [-0.39, 0.29) is 20.6 Å². The second-order valence-corrected chi connectivity index (χ2v) is 8.29. The van der Waals surface area contributed by atoms with Crippen LogP contribution in [0.3, 0.4) is 0 Å². The molecule has 0 saturated carbocycles. The number of anilines is 1. The maximum atomic E-state index is 12.4. The first-order valence-electron chi connectivity index (χ1n) is 7.34. The number of amides is 3. The van der Waals surface area contributed by atoms with Gasteiger partial charge < -0.3 is 5.32 Å². The summed E-state index contributed by atoms with van der Waals surface area (Å²) < 4.78 is 27.3. The number of rotatable bonds is 4. The maximum absolute atomic E-state index is 12.4. The summed E-state index contributed by atoms with van der Waals surface area (Å²) in [7, 11) is -3.86. The van der Waals surface area contributed by atoms with Gasteiger partial charge in [0.05, 0.1) is 14.9 Å². The average molecular weight is 414 g/mol.